The Bertz CT molecular complexity index is 2650. The number of aliphatic carboxylic acids is 2. The van der Waals surface area contributed by atoms with Gasteiger partial charge in [-0.2, -0.15) is 0 Å². The van der Waals surface area contributed by atoms with Crippen LogP contribution in [0.5, 0.6) is 11.5 Å². The van der Waals surface area contributed by atoms with Crippen LogP contribution in [0.25, 0.3) is 33.4 Å². The first-order valence-corrected chi connectivity index (χ1v) is 25.1. The average molecular weight is 972 g/mol. The smallest absolute Gasteiger partial charge is 0.306 e. The number of rotatable bonds is 21. The number of fused-ring (bicyclic) bond motifs is 2. The first kappa shape index (κ1) is 53.8. The number of carbonyl (C=O) groups is 2. The molecule has 0 aliphatic heterocycles. The summed E-state index contributed by atoms with van der Waals surface area (Å²) >= 11 is 12.2. The summed E-state index contributed by atoms with van der Waals surface area (Å²) in [4.78, 5) is 27.1. The molecule has 0 aliphatic carbocycles. The van der Waals surface area contributed by atoms with Crippen molar-refractivity contribution in [1.29, 1.82) is 0 Å². The molecule has 0 aliphatic rings. The first-order valence-electron chi connectivity index (χ1n) is 24.4. The van der Waals surface area contributed by atoms with Gasteiger partial charge in [-0.05, 0) is 102 Å². The number of phenols is 2. The van der Waals surface area contributed by atoms with Crippen LogP contribution in [0.2, 0.25) is 10.0 Å². The number of benzene rings is 4. The predicted molar refractivity (Wildman–Crippen MR) is 274 cm³/mol. The van der Waals surface area contributed by atoms with Crippen molar-refractivity contribution in [2.45, 2.75) is 163 Å². The lowest BCUT2D eigenvalue weighted by atomic mass is 9.82. The fourth-order valence-electron chi connectivity index (χ4n) is 8.74. The molecule has 3 unspecified atom stereocenters. The lowest BCUT2D eigenvalue weighted by Gasteiger charge is -2.24. The lowest BCUT2D eigenvalue weighted by molar-refractivity contribution is -0.143. The van der Waals surface area contributed by atoms with E-state index in [9.17, 15) is 30.0 Å². The highest BCUT2D eigenvalue weighted by Gasteiger charge is 2.28. The van der Waals surface area contributed by atoms with Crippen LogP contribution >= 0.6 is 23.2 Å². The van der Waals surface area contributed by atoms with E-state index in [1.54, 1.807) is 36.4 Å². The van der Waals surface area contributed by atoms with E-state index in [1.165, 1.54) is 28.9 Å². The van der Waals surface area contributed by atoms with Gasteiger partial charge in [-0.1, -0.05) is 162 Å². The Morgan fingerprint density at radius 1 is 0.559 bits per heavy atom. The fourth-order valence-corrected chi connectivity index (χ4v) is 9.07. The number of carboxylic acid groups (broad SMARTS) is 2. The Hall–Kier alpha value is -5.20. The van der Waals surface area contributed by atoms with E-state index in [2.05, 4.69) is 41.2 Å². The number of nitrogens with zero attached hydrogens (tertiary/aromatic N) is 6. The summed E-state index contributed by atoms with van der Waals surface area (Å²) in [5, 5.41) is 61.4. The van der Waals surface area contributed by atoms with Gasteiger partial charge >= 0.3 is 11.9 Å². The topological polar surface area (TPSA) is 176 Å². The molecular weight excluding hydrogens is 900 g/mol. The van der Waals surface area contributed by atoms with Gasteiger partial charge in [0.2, 0.25) is 0 Å². The van der Waals surface area contributed by atoms with Crippen LogP contribution in [-0.2, 0) is 33.3 Å². The fraction of sp³-hybridized carbons (Fsp3) is 0.519. The molecule has 4 aromatic carbocycles. The van der Waals surface area contributed by atoms with Crippen molar-refractivity contribution in [3.8, 4) is 22.9 Å². The van der Waals surface area contributed by atoms with Gasteiger partial charge < -0.3 is 20.4 Å². The Morgan fingerprint density at radius 3 is 1.41 bits per heavy atom. The summed E-state index contributed by atoms with van der Waals surface area (Å²) < 4.78 is 0. The second-order valence-electron chi connectivity index (χ2n) is 20.5. The molecule has 0 spiro atoms. The average Bonchev–Trinajstić information content (AvgIpc) is 3.89. The highest BCUT2D eigenvalue weighted by atomic mass is 35.5. The Morgan fingerprint density at radius 2 is 0.985 bits per heavy atom. The van der Waals surface area contributed by atoms with Crippen LogP contribution in [-0.4, -0.2) is 62.4 Å². The monoisotopic (exact) mass is 970 g/mol. The number of hydrogen-bond acceptors (Lipinski definition) is 8. The van der Waals surface area contributed by atoms with Crippen LogP contribution in [0.15, 0.2) is 60.7 Å². The molecule has 6 rings (SSSR count). The number of hydrogen-bond donors (Lipinski definition) is 4. The molecule has 368 valence electrons. The van der Waals surface area contributed by atoms with Crippen molar-refractivity contribution < 1.29 is 30.0 Å². The van der Waals surface area contributed by atoms with Gasteiger partial charge in [-0.25, -0.2) is 0 Å². The van der Waals surface area contributed by atoms with Gasteiger partial charge in [0.05, 0.1) is 11.8 Å². The van der Waals surface area contributed by atoms with Crippen LogP contribution in [0, 0.1) is 17.8 Å². The zero-order valence-electron chi connectivity index (χ0n) is 41.4. The standard InChI is InChI=1S/2C27H36ClN3O3/c1-6-8-9-17(7-2)12-19(26(33)34)13-18-14-21(27(3,4)5)25(32)24(15-18)31-29-22-11-10-20(28)16-23(22)30-31;1-5-6-7-8-9-10-11-19(26(33)34)14-18-15-21(27(2,3)4)25(32)24(16-18)31-29-22-13-12-20(28)17-23(22)30-31/h10-11,14-17,19,32H,6-9,12-13H2,1-5H3,(H,33,34);12-13,15-17,19,32H,5-11,14H2,1-4H3,(H,33,34). The SMILES string of the molecule is CCCCC(CC)CC(Cc1cc(-n2nc3ccc(Cl)cc3n2)c(O)c(C(C)(C)C)c1)C(=O)O.CCCCCCCCC(Cc1cc(-n2nc3ccc(Cl)cc3n2)c(O)c(C(C)(C)C)c1)C(=O)O. The minimum Gasteiger partial charge on any atom is -0.505 e. The normalized spacial score (nSPS) is 13.3. The predicted octanol–water partition coefficient (Wildman–Crippen LogP) is 14.0. The summed E-state index contributed by atoms with van der Waals surface area (Å²) in [6, 6.07) is 18.0. The molecule has 2 aromatic heterocycles. The van der Waals surface area contributed by atoms with Crippen molar-refractivity contribution in [3.63, 3.8) is 0 Å². The van der Waals surface area contributed by atoms with E-state index >= 15 is 0 Å². The van der Waals surface area contributed by atoms with Crippen LogP contribution < -0.4 is 0 Å². The van der Waals surface area contributed by atoms with Gasteiger partial charge in [-0.15, -0.1) is 30.0 Å². The van der Waals surface area contributed by atoms with E-state index in [0.717, 1.165) is 67.2 Å². The van der Waals surface area contributed by atoms with E-state index in [0.29, 0.717) is 75.1 Å². The van der Waals surface area contributed by atoms with Gasteiger partial charge in [0.15, 0.2) is 0 Å². The minimum absolute atomic E-state index is 0.101. The summed E-state index contributed by atoms with van der Waals surface area (Å²) in [6.07, 6.45) is 13.1. The molecule has 6 aromatic rings. The largest absolute Gasteiger partial charge is 0.505 e. The summed E-state index contributed by atoms with van der Waals surface area (Å²) in [5.74, 6) is -1.93. The quantitative estimate of drug-likeness (QED) is 0.0508. The molecule has 3 atom stereocenters. The third kappa shape index (κ3) is 14.4. The Labute approximate surface area is 412 Å². The van der Waals surface area contributed by atoms with Crippen LogP contribution in [0.4, 0.5) is 0 Å². The number of aromatic hydroxyl groups is 2. The molecular formula is C54H72Cl2N6O6. The van der Waals surface area contributed by atoms with E-state index in [-0.39, 0.29) is 22.3 Å². The molecule has 0 bridgehead atoms. The maximum atomic E-state index is 12.2. The molecule has 14 heteroatoms. The third-order valence-corrected chi connectivity index (χ3v) is 13.2. The van der Waals surface area contributed by atoms with Crippen molar-refractivity contribution in [2.75, 3.05) is 0 Å². The lowest BCUT2D eigenvalue weighted by Crippen LogP contribution is -2.21. The summed E-state index contributed by atoms with van der Waals surface area (Å²) in [5.41, 5.74) is 5.96. The molecule has 2 heterocycles. The maximum Gasteiger partial charge on any atom is 0.306 e. The maximum absolute atomic E-state index is 12.2. The molecule has 12 nitrogen and oxygen atoms in total. The molecule has 0 saturated heterocycles. The summed E-state index contributed by atoms with van der Waals surface area (Å²) in [7, 11) is 0. The second-order valence-corrected chi connectivity index (χ2v) is 21.3. The number of halogens is 2. The molecule has 4 N–H and O–H groups in total. The van der Waals surface area contributed by atoms with Gasteiger partial charge in [0, 0.05) is 21.2 Å². The number of unbranched alkanes of at least 4 members (excludes halogenated alkanes) is 6. The Kier molecular flexibility index (Phi) is 18.9. The second kappa shape index (κ2) is 23.9. The Balaban J connectivity index is 0.000000254. The highest BCUT2D eigenvalue weighted by Crippen LogP contribution is 2.39. The first-order chi connectivity index (χ1) is 32.1. The van der Waals surface area contributed by atoms with Crippen molar-refractivity contribution >= 4 is 57.2 Å². The third-order valence-electron chi connectivity index (χ3n) is 12.8. The van der Waals surface area contributed by atoms with Crippen molar-refractivity contribution in [3.05, 3.63) is 93.0 Å². The summed E-state index contributed by atoms with van der Waals surface area (Å²) in [6.45, 7) is 18.6. The highest BCUT2D eigenvalue weighted by molar-refractivity contribution is 6.31. The van der Waals surface area contributed by atoms with Crippen LogP contribution in [0.1, 0.15) is 162 Å². The van der Waals surface area contributed by atoms with E-state index < -0.39 is 23.8 Å². The number of phenolic OH excluding ortho intramolecular Hbond substituents is 2. The molecule has 0 saturated carbocycles. The van der Waals surface area contributed by atoms with E-state index in [1.807, 2.05) is 65.8 Å². The zero-order chi connectivity index (χ0) is 49.9. The molecule has 68 heavy (non-hydrogen) atoms. The van der Waals surface area contributed by atoms with E-state index in [4.69, 9.17) is 23.2 Å². The van der Waals surface area contributed by atoms with Gasteiger partial charge in [-0.3, -0.25) is 9.59 Å². The molecule has 0 amide bonds. The number of carboxylic acids is 2. The molecule has 0 radical (unpaired) electrons. The molecule has 0 fully saturated rings. The van der Waals surface area contributed by atoms with Gasteiger partial charge in [0.25, 0.3) is 0 Å². The van der Waals surface area contributed by atoms with Crippen molar-refractivity contribution in [2.24, 2.45) is 17.8 Å². The minimum atomic E-state index is -0.780. The van der Waals surface area contributed by atoms with Crippen molar-refractivity contribution in [1.82, 2.24) is 30.0 Å². The van der Waals surface area contributed by atoms with Crippen LogP contribution in [0.3, 0.4) is 0 Å². The zero-order valence-corrected chi connectivity index (χ0v) is 43.0. The number of aromatic nitrogens is 6. The van der Waals surface area contributed by atoms with Gasteiger partial charge in [0.1, 0.15) is 44.9 Å².